The molecule has 1 heterocycles. The van der Waals surface area contributed by atoms with Crippen molar-refractivity contribution in [2.45, 2.75) is 64.1 Å². The van der Waals surface area contributed by atoms with E-state index in [1.807, 2.05) is 19.1 Å². The molecule has 1 aromatic heterocycles. The van der Waals surface area contributed by atoms with Gasteiger partial charge >= 0.3 is 0 Å². The number of rotatable bonds is 7. The van der Waals surface area contributed by atoms with Crippen LogP contribution in [0.25, 0.3) is 11.4 Å². The highest BCUT2D eigenvalue weighted by Crippen LogP contribution is 2.26. The van der Waals surface area contributed by atoms with E-state index in [0.717, 1.165) is 18.4 Å². The number of benzene rings is 1. The Hall–Kier alpha value is -2.02. The van der Waals surface area contributed by atoms with E-state index < -0.39 is 0 Å². The summed E-state index contributed by atoms with van der Waals surface area (Å²) in [6.07, 6.45) is 2.02. The first kappa shape index (κ1) is 20.3. The summed E-state index contributed by atoms with van der Waals surface area (Å²) < 4.78 is 1.44. The Labute approximate surface area is 159 Å². The van der Waals surface area contributed by atoms with Crippen molar-refractivity contribution < 1.29 is 4.79 Å². The summed E-state index contributed by atoms with van der Waals surface area (Å²) in [6, 6.07) is 8.35. The number of carbonyl (C=O) groups excluding carboxylic acids is 1. The molecule has 3 N–H and O–H groups in total. The fourth-order valence-corrected chi connectivity index (χ4v) is 3.31. The average molecular weight is 376 g/mol. The molecule has 0 bridgehead atoms. The predicted molar refractivity (Wildman–Crippen MR) is 108 cm³/mol. The maximum atomic E-state index is 12.0. The lowest BCUT2D eigenvalue weighted by molar-refractivity contribution is -0.119. The number of nitrogens with one attached hydrogen (secondary N) is 1. The topological polar surface area (TPSA) is 85.8 Å². The van der Waals surface area contributed by atoms with E-state index in [4.69, 9.17) is 5.84 Å². The third-order valence-corrected chi connectivity index (χ3v) is 5.08. The van der Waals surface area contributed by atoms with Crippen LogP contribution in [-0.4, -0.2) is 32.6 Å². The van der Waals surface area contributed by atoms with Crippen LogP contribution in [0, 0.1) is 0 Å². The van der Waals surface area contributed by atoms with Gasteiger partial charge in [-0.05, 0) is 24.3 Å². The van der Waals surface area contributed by atoms with Gasteiger partial charge in [-0.25, -0.2) is 4.68 Å². The van der Waals surface area contributed by atoms with E-state index >= 15 is 0 Å². The maximum absolute atomic E-state index is 12.0. The van der Waals surface area contributed by atoms with Crippen LogP contribution in [0.5, 0.6) is 0 Å². The number of nitrogens with two attached hydrogens (primary N) is 1. The van der Waals surface area contributed by atoms with Crippen molar-refractivity contribution in [3.63, 3.8) is 0 Å². The second kappa shape index (κ2) is 8.58. The molecule has 0 radical (unpaired) electrons. The van der Waals surface area contributed by atoms with Crippen molar-refractivity contribution in [3.05, 3.63) is 29.8 Å². The van der Waals surface area contributed by atoms with Crippen molar-refractivity contribution in [3.8, 4) is 11.4 Å². The van der Waals surface area contributed by atoms with E-state index in [1.54, 1.807) is 0 Å². The fraction of sp³-hybridized carbons (Fsp3) is 0.526. The first-order valence-electron chi connectivity index (χ1n) is 8.96. The summed E-state index contributed by atoms with van der Waals surface area (Å²) in [5, 5.41) is 11.8. The van der Waals surface area contributed by atoms with Gasteiger partial charge in [-0.15, -0.1) is 10.2 Å². The van der Waals surface area contributed by atoms with Crippen LogP contribution < -0.4 is 11.2 Å². The molecule has 0 saturated heterocycles. The molecule has 0 saturated carbocycles. The summed E-state index contributed by atoms with van der Waals surface area (Å²) in [4.78, 5) is 12.0. The molecular weight excluding hydrogens is 346 g/mol. The minimum absolute atomic E-state index is 0.0185. The smallest absolute Gasteiger partial charge is 0.230 e. The molecule has 0 unspecified atom stereocenters. The van der Waals surface area contributed by atoms with Crippen molar-refractivity contribution in [1.82, 2.24) is 20.2 Å². The molecule has 0 spiro atoms. The Kier molecular flexibility index (Phi) is 6.69. The molecule has 0 aliphatic heterocycles. The molecule has 26 heavy (non-hydrogen) atoms. The molecule has 0 aliphatic rings. The lowest BCUT2D eigenvalue weighted by Crippen LogP contribution is -2.33. The summed E-state index contributed by atoms with van der Waals surface area (Å²) in [6.45, 7) is 10.6. The molecule has 0 fully saturated rings. The highest BCUT2D eigenvalue weighted by atomic mass is 32.2. The van der Waals surface area contributed by atoms with Gasteiger partial charge in [-0.3, -0.25) is 4.79 Å². The highest BCUT2D eigenvalue weighted by molar-refractivity contribution is 7.99. The highest BCUT2D eigenvalue weighted by Gasteiger charge is 2.17. The summed E-state index contributed by atoms with van der Waals surface area (Å²) in [5.41, 5.74) is 2.25. The number of carbonyl (C=O) groups is 1. The SMILES string of the molecule is CCC[C@H](C)NC(=O)CSc1nnc(-c2ccc(C(C)(C)C)cc2)n1N. The van der Waals surface area contributed by atoms with Crippen LogP contribution in [0.4, 0.5) is 0 Å². The van der Waals surface area contributed by atoms with Crippen LogP contribution in [-0.2, 0) is 10.2 Å². The Morgan fingerprint density at radius 2 is 1.92 bits per heavy atom. The lowest BCUT2D eigenvalue weighted by Gasteiger charge is -2.19. The zero-order chi connectivity index (χ0) is 19.3. The monoisotopic (exact) mass is 375 g/mol. The molecule has 2 aromatic rings. The Morgan fingerprint density at radius 3 is 2.50 bits per heavy atom. The normalized spacial score (nSPS) is 12.8. The summed E-state index contributed by atoms with van der Waals surface area (Å²) in [5.74, 6) is 6.98. The fourth-order valence-electron chi connectivity index (χ4n) is 2.64. The zero-order valence-electron chi connectivity index (χ0n) is 16.2. The number of thioether (sulfide) groups is 1. The molecule has 1 atom stereocenters. The largest absolute Gasteiger partial charge is 0.353 e. The quantitative estimate of drug-likeness (QED) is 0.572. The van der Waals surface area contributed by atoms with Crippen LogP contribution in [0.1, 0.15) is 53.0 Å². The first-order valence-corrected chi connectivity index (χ1v) is 9.94. The van der Waals surface area contributed by atoms with Gasteiger partial charge in [0.1, 0.15) is 0 Å². The van der Waals surface area contributed by atoms with Gasteiger partial charge in [0.25, 0.3) is 0 Å². The number of amides is 1. The molecule has 1 aromatic carbocycles. The second-order valence-corrected chi connectivity index (χ2v) is 8.49. The standard InChI is InChI=1S/C19H29N5OS/c1-6-7-13(2)21-16(25)12-26-18-23-22-17(24(18)20)14-8-10-15(11-9-14)19(3,4)5/h8-11,13H,6-7,12,20H2,1-5H3,(H,21,25)/t13-/m0/s1. The van der Waals surface area contributed by atoms with Gasteiger partial charge in [0.15, 0.2) is 5.82 Å². The number of hydrogen-bond acceptors (Lipinski definition) is 5. The van der Waals surface area contributed by atoms with E-state index in [-0.39, 0.29) is 23.1 Å². The van der Waals surface area contributed by atoms with Gasteiger partial charge in [-0.2, -0.15) is 0 Å². The van der Waals surface area contributed by atoms with Crippen LogP contribution >= 0.6 is 11.8 Å². The van der Waals surface area contributed by atoms with Crippen molar-refractivity contribution in [2.24, 2.45) is 0 Å². The molecule has 2 rings (SSSR count). The molecule has 142 valence electrons. The molecule has 7 heteroatoms. The van der Waals surface area contributed by atoms with E-state index in [1.165, 1.54) is 22.0 Å². The zero-order valence-corrected chi connectivity index (χ0v) is 17.1. The maximum Gasteiger partial charge on any atom is 0.230 e. The number of hydrogen-bond donors (Lipinski definition) is 2. The van der Waals surface area contributed by atoms with Gasteiger partial charge in [0, 0.05) is 11.6 Å². The van der Waals surface area contributed by atoms with E-state index in [0.29, 0.717) is 11.0 Å². The Bertz CT molecular complexity index is 733. The Morgan fingerprint density at radius 1 is 1.27 bits per heavy atom. The minimum Gasteiger partial charge on any atom is -0.353 e. The minimum atomic E-state index is -0.0185. The molecule has 1 amide bonds. The summed E-state index contributed by atoms with van der Waals surface area (Å²) >= 11 is 1.29. The predicted octanol–water partition coefficient (Wildman–Crippen LogP) is 3.35. The van der Waals surface area contributed by atoms with Crippen LogP contribution in [0.3, 0.4) is 0 Å². The van der Waals surface area contributed by atoms with Crippen LogP contribution in [0.15, 0.2) is 29.4 Å². The summed E-state index contributed by atoms with van der Waals surface area (Å²) in [7, 11) is 0. The average Bonchev–Trinajstić information content (AvgIpc) is 2.93. The second-order valence-electron chi connectivity index (χ2n) is 7.55. The van der Waals surface area contributed by atoms with Crippen molar-refractivity contribution in [1.29, 1.82) is 0 Å². The van der Waals surface area contributed by atoms with E-state index in [9.17, 15) is 4.79 Å². The third-order valence-electron chi connectivity index (χ3n) is 4.14. The third kappa shape index (κ3) is 5.24. The van der Waals surface area contributed by atoms with Gasteiger partial charge in [-0.1, -0.05) is 70.1 Å². The molecule has 6 nitrogen and oxygen atoms in total. The van der Waals surface area contributed by atoms with E-state index in [2.05, 4.69) is 55.3 Å². The van der Waals surface area contributed by atoms with Gasteiger partial charge in [0.2, 0.25) is 11.1 Å². The Balaban J connectivity index is 2.02. The molecular formula is C19H29N5OS. The van der Waals surface area contributed by atoms with Gasteiger partial charge < -0.3 is 11.2 Å². The van der Waals surface area contributed by atoms with Crippen molar-refractivity contribution in [2.75, 3.05) is 11.6 Å². The number of nitrogen functional groups attached to an aromatic ring is 1. The lowest BCUT2D eigenvalue weighted by atomic mass is 9.87. The number of nitrogens with zero attached hydrogens (tertiary/aromatic N) is 3. The first-order chi connectivity index (χ1) is 12.2. The number of aromatic nitrogens is 3. The molecule has 0 aliphatic carbocycles. The van der Waals surface area contributed by atoms with Crippen molar-refractivity contribution >= 4 is 17.7 Å². The van der Waals surface area contributed by atoms with Crippen LogP contribution in [0.2, 0.25) is 0 Å². The van der Waals surface area contributed by atoms with Gasteiger partial charge in [0.05, 0.1) is 5.75 Å².